The van der Waals surface area contributed by atoms with Crippen molar-refractivity contribution in [3.8, 4) is 0 Å². The summed E-state index contributed by atoms with van der Waals surface area (Å²) in [5, 5.41) is 56.6. The molecule has 0 aliphatic rings. The van der Waals surface area contributed by atoms with Gasteiger partial charge in [0.15, 0.2) is 5.96 Å². The van der Waals surface area contributed by atoms with Gasteiger partial charge in [-0.25, -0.2) is 4.79 Å². The molecular weight excluding hydrogens is 911 g/mol. The highest BCUT2D eigenvalue weighted by atomic mass is 32.1. The second kappa shape index (κ2) is 31.4. The maximum Gasteiger partial charge on any atom is 0.327 e. The smallest absolute Gasteiger partial charge is 0.327 e. The second-order valence-corrected chi connectivity index (χ2v) is 14.4. The highest BCUT2D eigenvalue weighted by Crippen LogP contribution is 2.06. The van der Waals surface area contributed by atoms with Crippen LogP contribution in [0.25, 0.3) is 0 Å². The van der Waals surface area contributed by atoms with E-state index >= 15 is 0 Å². The zero-order valence-corrected chi connectivity index (χ0v) is 36.8. The predicted molar refractivity (Wildman–Crippen MR) is 230 cm³/mol. The Balaban J connectivity index is 5.63. The van der Waals surface area contributed by atoms with Crippen molar-refractivity contribution in [2.45, 2.75) is 87.7 Å². The third-order valence-corrected chi connectivity index (χ3v) is 9.10. The van der Waals surface area contributed by atoms with Gasteiger partial charge in [0.25, 0.3) is 0 Å². The zero-order chi connectivity index (χ0) is 49.8. The number of aliphatic hydroxyl groups excluding tert-OH is 1. The van der Waals surface area contributed by atoms with Gasteiger partial charge in [0.2, 0.25) is 53.2 Å². The molecule has 0 fully saturated rings. The molecule has 65 heavy (non-hydrogen) atoms. The molecule has 31 heteroatoms. The van der Waals surface area contributed by atoms with Gasteiger partial charge in [0.1, 0.15) is 36.3 Å². The fraction of sp³-hybridized carbons (Fsp3) is 0.618. The van der Waals surface area contributed by atoms with Crippen molar-refractivity contribution < 1.29 is 78.0 Å². The lowest BCUT2D eigenvalue weighted by Crippen LogP contribution is -2.59. The molecule has 0 bridgehead atoms. The number of carboxylic acids is 3. The fourth-order valence-electron chi connectivity index (χ4n) is 4.83. The van der Waals surface area contributed by atoms with E-state index in [4.69, 9.17) is 27.4 Å². The zero-order valence-electron chi connectivity index (χ0n) is 35.0. The molecule has 0 unspecified atom stereocenters. The summed E-state index contributed by atoms with van der Waals surface area (Å²) in [6.45, 7) is -1.97. The second-order valence-electron chi connectivity index (χ2n) is 13.7. The van der Waals surface area contributed by atoms with Crippen molar-refractivity contribution in [3.05, 3.63) is 0 Å². The number of amides is 9. The Morgan fingerprint density at radius 2 is 1.00 bits per heavy atom. The average molecular weight is 968 g/mol. The quantitative estimate of drug-likeness (QED) is 0.0129. The van der Waals surface area contributed by atoms with Crippen LogP contribution in [0.1, 0.15) is 45.4 Å². The number of carboxylic acid groups (broad SMARTS) is 3. The molecule has 0 aromatic heterocycles. The number of carbonyl (C=O) groups is 12. The molecule has 0 aromatic carbocycles. The minimum absolute atomic E-state index is 0.0148. The normalized spacial score (nSPS) is 13.8. The van der Waals surface area contributed by atoms with Gasteiger partial charge in [-0.1, -0.05) is 0 Å². The van der Waals surface area contributed by atoms with Crippen LogP contribution >= 0.6 is 25.3 Å². The van der Waals surface area contributed by atoms with E-state index in [0.29, 0.717) is 0 Å². The van der Waals surface area contributed by atoms with Gasteiger partial charge < -0.3 is 85.5 Å². The molecule has 9 amide bonds. The van der Waals surface area contributed by atoms with Crippen LogP contribution in [0.5, 0.6) is 0 Å². The summed E-state index contributed by atoms with van der Waals surface area (Å²) < 4.78 is 0. The van der Waals surface area contributed by atoms with Gasteiger partial charge in [0, 0.05) is 30.9 Å². The van der Waals surface area contributed by atoms with Crippen molar-refractivity contribution >= 4 is 102 Å². The number of aliphatic hydroxyl groups is 1. The van der Waals surface area contributed by atoms with Crippen molar-refractivity contribution in [2.24, 2.45) is 22.2 Å². The Kier molecular flexibility index (Phi) is 28.3. The van der Waals surface area contributed by atoms with E-state index in [-0.39, 0.29) is 37.5 Å². The third kappa shape index (κ3) is 25.4. The molecule has 0 saturated carbocycles. The first-order valence-corrected chi connectivity index (χ1v) is 20.6. The molecule has 0 saturated heterocycles. The van der Waals surface area contributed by atoms with E-state index < -0.39 is 165 Å². The maximum absolute atomic E-state index is 13.5. The Hall–Kier alpha value is -6.47. The Morgan fingerprint density at radius 1 is 0.538 bits per heavy atom. The maximum atomic E-state index is 13.5. The molecule has 0 heterocycles. The van der Waals surface area contributed by atoms with Crippen LogP contribution in [-0.4, -0.2) is 184 Å². The molecule has 0 radical (unpaired) electrons. The lowest BCUT2D eigenvalue weighted by Gasteiger charge is -2.26. The molecule has 19 N–H and O–H groups in total. The number of nitrogens with two attached hydrogens (primary N) is 3. The van der Waals surface area contributed by atoms with Gasteiger partial charge in [-0.05, 0) is 32.6 Å². The number of guanidine groups is 1. The number of carbonyl (C=O) groups excluding carboxylic acids is 9. The molecule has 29 nitrogen and oxygen atoms in total. The van der Waals surface area contributed by atoms with Crippen molar-refractivity contribution in [3.63, 3.8) is 0 Å². The number of hydrogen-bond acceptors (Lipinski definition) is 17. The van der Waals surface area contributed by atoms with E-state index in [1.165, 1.54) is 6.92 Å². The van der Waals surface area contributed by atoms with E-state index in [9.17, 15) is 67.7 Å². The van der Waals surface area contributed by atoms with Crippen LogP contribution in [0, 0.1) is 0 Å². The van der Waals surface area contributed by atoms with E-state index in [1.54, 1.807) is 0 Å². The first-order chi connectivity index (χ1) is 30.4. The Bertz CT molecular complexity index is 1750. The van der Waals surface area contributed by atoms with Crippen molar-refractivity contribution in [1.29, 1.82) is 0 Å². The Labute approximate surface area is 381 Å². The lowest BCUT2D eigenvalue weighted by atomic mass is 10.1. The van der Waals surface area contributed by atoms with Gasteiger partial charge in [-0.15, -0.1) is 0 Å². The molecular formula is C34H57N13O16S2. The van der Waals surface area contributed by atoms with Gasteiger partial charge >= 0.3 is 17.9 Å². The van der Waals surface area contributed by atoms with Crippen LogP contribution in [0.15, 0.2) is 4.99 Å². The molecule has 0 aliphatic carbocycles. The summed E-state index contributed by atoms with van der Waals surface area (Å²) in [5.41, 5.74) is 16.4. The van der Waals surface area contributed by atoms with E-state index in [1.807, 2.05) is 0 Å². The number of nitrogens with zero attached hydrogens (tertiary/aromatic N) is 1. The van der Waals surface area contributed by atoms with E-state index in [0.717, 1.165) is 0 Å². The van der Waals surface area contributed by atoms with Crippen molar-refractivity contribution in [1.82, 2.24) is 47.9 Å². The summed E-state index contributed by atoms with van der Waals surface area (Å²) in [5.74, 6) is -13.6. The van der Waals surface area contributed by atoms with Gasteiger partial charge in [-0.3, -0.25) is 57.7 Å². The molecule has 366 valence electrons. The largest absolute Gasteiger partial charge is 0.481 e. The summed E-state index contributed by atoms with van der Waals surface area (Å²) in [6.07, 6.45) is -1.94. The number of hydrogen-bond donors (Lipinski definition) is 18. The standard InChI is InChI=1S/C34H57N13O16S2/c1-15(42-28(57)16(35)4-6-25(52)53)27(56)45-17(3-2-8-38-34(36)37)31(60)46-18(5-7-26(54)55)32(61)47-20(13-64)30(59)41-11-24(51)43-19(12-48)29(58)40-9-22(49)39-10-23(50)44-21(14-65)33(62)63/h15-21,48,64-65H,2-14,35H2,1H3,(H,39,49)(H,40,58)(H,41,59)(H,42,57)(H,43,51)(H,44,50)(H,45,56)(H,46,60)(H,47,61)(H,52,53)(H,54,55)(H,62,63)(H4,36,37,38)/t15-,16-,17-,18-,19-,20-,21-/m0/s1. The molecule has 7 atom stereocenters. The summed E-state index contributed by atoms with van der Waals surface area (Å²) in [6, 6.07) is -10.2. The first-order valence-electron chi connectivity index (χ1n) is 19.4. The van der Waals surface area contributed by atoms with Crippen molar-refractivity contribution in [2.75, 3.05) is 44.3 Å². The molecule has 0 aliphatic heterocycles. The monoisotopic (exact) mass is 967 g/mol. The Morgan fingerprint density at radius 3 is 1.51 bits per heavy atom. The van der Waals surface area contributed by atoms with Crippen LogP contribution in [0.4, 0.5) is 0 Å². The fourth-order valence-corrected chi connectivity index (χ4v) is 5.34. The van der Waals surface area contributed by atoms with Crippen LogP contribution in [0.3, 0.4) is 0 Å². The van der Waals surface area contributed by atoms with Gasteiger partial charge in [0.05, 0.1) is 32.3 Å². The van der Waals surface area contributed by atoms with Crippen LogP contribution in [-0.2, 0) is 57.5 Å². The molecule has 0 aromatic rings. The predicted octanol–water partition coefficient (Wildman–Crippen LogP) is -8.69. The topological polar surface area (TPSA) is 484 Å². The highest BCUT2D eigenvalue weighted by Gasteiger charge is 2.31. The summed E-state index contributed by atoms with van der Waals surface area (Å²) in [7, 11) is 0. The lowest BCUT2D eigenvalue weighted by molar-refractivity contribution is -0.141. The van der Waals surface area contributed by atoms with E-state index in [2.05, 4.69) is 78.1 Å². The number of thiol groups is 2. The minimum Gasteiger partial charge on any atom is -0.481 e. The number of aliphatic carboxylic acids is 3. The number of nitrogens with one attached hydrogen (secondary N) is 9. The highest BCUT2D eigenvalue weighted by molar-refractivity contribution is 7.80. The van der Waals surface area contributed by atoms with Gasteiger partial charge in [-0.2, -0.15) is 25.3 Å². The third-order valence-electron chi connectivity index (χ3n) is 8.37. The summed E-state index contributed by atoms with van der Waals surface area (Å²) >= 11 is 7.82. The number of rotatable bonds is 32. The van der Waals surface area contributed by atoms with Crippen LogP contribution in [0.2, 0.25) is 0 Å². The average Bonchev–Trinajstić information content (AvgIpc) is 3.24. The SMILES string of the molecule is C[C@H](NC(=O)[C@@H](N)CCC(=O)O)C(=O)N[C@@H](CCCN=C(N)N)C(=O)N[C@@H](CCC(=O)O)C(=O)N[C@@H](CS)C(=O)NCC(=O)N[C@@H](CO)C(=O)NCC(=O)NCC(=O)N[C@@H](CS)C(=O)O. The number of aliphatic imine (C=N–C) groups is 1. The minimum atomic E-state index is -1.65. The first kappa shape index (κ1) is 58.5. The molecule has 0 spiro atoms. The van der Waals surface area contributed by atoms with Crippen LogP contribution < -0.4 is 65.1 Å². The molecule has 0 rings (SSSR count). The summed E-state index contributed by atoms with van der Waals surface area (Å²) in [4.78, 5) is 151.